The van der Waals surface area contributed by atoms with Crippen LogP contribution in [0.5, 0.6) is 0 Å². The highest BCUT2D eigenvalue weighted by atomic mass is 32.2. The summed E-state index contributed by atoms with van der Waals surface area (Å²) < 4.78 is 37.6. The van der Waals surface area contributed by atoms with Crippen molar-refractivity contribution in [1.29, 1.82) is 0 Å². The number of hydrogen-bond donors (Lipinski definition) is 1. The Hall–Kier alpha value is -2.69. The lowest BCUT2D eigenvalue weighted by molar-refractivity contribution is -0.384. The van der Waals surface area contributed by atoms with Crippen LogP contribution in [-0.2, 0) is 11.0 Å². The van der Waals surface area contributed by atoms with E-state index in [-0.39, 0.29) is 16.6 Å². The number of nitro groups is 1. The fourth-order valence-electron chi connectivity index (χ4n) is 1.56. The van der Waals surface area contributed by atoms with E-state index in [1.54, 1.807) is 0 Å². The average Bonchev–Trinajstić information content (AvgIpc) is 2.53. The molecule has 2 rings (SSSR count). The van der Waals surface area contributed by atoms with E-state index in [9.17, 15) is 28.1 Å². The van der Waals surface area contributed by atoms with Crippen LogP contribution >= 0.6 is 11.8 Å². The highest BCUT2D eigenvalue weighted by molar-refractivity contribution is 7.99. The van der Waals surface area contributed by atoms with Crippen LogP contribution in [0.4, 0.5) is 24.5 Å². The Morgan fingerprint density at radius 1 is 1.25 bits per heavy atom. The van der Waals surface area contributed by atoms with Crippen LogP contribution in [0, 0.1) is 10.1 Å². The van der Waals surface area contributed by atoms with Crippen LogP contribution in [0.3, 0.4) is 0 Å². The first-order chi connectivity index (χ1) is 11.3. The Bertz CT molecular complexity index is 753. The maximum atomic E-state index is 12.5. The summed E-state index contributed by atoms with van der Waals surface area (Å²) in [4.78, 5) is 28.7. The quantitative estimate of drug-likeness (QED) is 0.382. The molecule has 0 aliphatic heterocycles. The third-order valence-corrected chi connectivity index (χ3v) is 3.48. The summed E-state index contributed by atoms with van der Waals surface area (Å²) in [6.45, 7) is 0. The molecular formula is C13H9F3N4O3S. The fraction of sp³-hybridized carbons (Fsp3) is 0.154. The van der Waals surface area contributed by atoms with Crippen LogP contribution in [0.1, 0.15) is 5.69 Å². The van der Waals surface area contributed by atoms with Gasteiger partial charge in [-0.05, 0) is 18.2 Å². The molecule has 1 aromatic carbocycles. The average molecular weight is 358 g/mol. The molecule has 0 radical (unpaired) electrons. The number of benzene rings is 1. The number of aromatic nitrogens is 2. The van der Waals surface area contributed by atoms with Gasteiger partial charge in [-0.2, -0.15) is 13.2 Å². The van der Waals surface area contributed by atoms with Gasteiger partial charge in [0.25, 0.3) is 5.69 Å². The molecule has 1 N–H and O–H groups in total. The molecule has 0 saturated carbocycles. The Labute approximate surface area is 137 Å². The highest BCUT2D eigenvalue weighted by Crippen LogP contribution is 2.28. The molecule has 24 heavy (non-hydrogen) atoms. The number of carbonyl (C=O) groups excluding carboxylic acids is 1. The van der Waals surface area contributed by atoms with Crippen LogP contribution < -0.4 is 5.32 Å². The van der Waals surface area contributed by atoms with Crippen molar-refractivity contribution in [1.82, 2.24) is 9.97 Å². The van der Waals surface area contributed by atoms with Gasteiger partial charge in [0.05, 0.1) is 10.7 Å². The van der Waals surface area contributed by atoms with Gasteiger partial charge in [-0.25, -0.2) is 9.97 Å². The van der Waals surface area contributed by atoms with Crippen LogP contribution in [-0.4, -0.2) is 26.6 Å². The first-order valence-electron chi connectivity index (χ1n) is 6.33. The van der Waals surface area contributed by atoms with E-state index in [2.05, 4.69) is 15.3 Å². The van der Waals surface area contributed by atoms with E-state index in [1.807, 2.05) is 0 Å². The van der Waals surface area contributed by atoms with Gasteiger partial charge in [0.1, 0.15) is 5.69 Å². The molecule has 0 saturated heterocycles. The summed E-state index contributed by atoms with van der Waals surface area (Å²) in [5.41, 5.74) is -0.883. The third-order valence-electron chi connectivity index (χ3n) is 2.62. The van der Waals surface area contributed by atoms with Gasteiger partial charge >= 0.3 is 6.18 Å². The predicted octanol–water partition coefficient (Wildman–Crippen LogP) is 3.13. The molecule has 1 amide bonds. The number of alkyl halides is 3. The fourth-order valence-corrected chi connectivity index (χ4v) is 2.19. The third kappa shape index (κ3) is 4.91. The summed E-state index contributed by atoms with van der Waals surface area (Å²) in [7, 11) is 0. The van der Waals surface area contributed by atoms with Gasteiger partial charge in [-0.1, -0.05) is 11.8 Å². The topological polar surface area (TPSA) is 98.0 Å². The number of amides is 1. The molecule has 1 aromatic heterocycles. The van der Waals surface area contributed by atoms with Crippen LogP contribution in [0.15, 0.2) is 41.7 Å². The Morgan fingerprint density at radius 2 is 1.92 bits per heavy atom. The summed E-state index contributed by atoms with van der Waals surface area (Å²) >= 11 is 0.744. The molecule has 0 spiro atoms. The minimum absolute atomic E-state index is 0.125. The largest absolute Gasteiger partial charge is 0.433 e. The Kier molecular flexibility index (Phi) is 5.34. The van der Waals surface area contributed by atoms with E-state index in [0.29, 0.717) is 5.69 Å². The number of nitrogens with zero attached hydrogens (tertiary/aromatic N) is 3. The lowest BCUT2D eigenvalue weighted by Gasteiger charge is -2.07. The maximum absolute atomic E-state index is 12.5. The lowest BCUT2D eigenvalue weighted by atomic mass is 10.3. The molecule has 0 bridgehead atoms. The second kappa shape index (κ2) is 7.25. The minimum atomic E-state index is -4.58. The van der Waals surface area contributed by atoms with E-state index >= 15 is 0 Å². The molecule has 0 atom stereocenters. The van der Waals surface area contributed by atoms with Crippen molar-refractivity contribution in [3.05, 3.63) is 52.3 Å². The number of halogens is 3. The first kappa shape index (κ1) is 17.7. The second-order valence-corrected chi connectivity index (χ2v) is 5.31. The van der Waals surface area contributed by atoms with Crippen molar-refractivity contribution in [3.8, 4) is 0 Å². The lowest BCUT2D eigenvalue weighted by Crippen LogP contribution is -2.15. The molecule has 0 unspecified atom stereocenters. The standard InChI is InChI=1S/C13H9F3N4O3S/c14-13(15,16)10-5-6-17-12(19-10)24-7-11(21)18-8-1-3-9(4-2-8)20(22)23/h1-6H,7H2,(H,18,21). The van der Waals surface area contributed by atoms with Crippen molar-refractivity contribution < 1.29 is 22.9 Å². The summed E-state index contributed by atoms with van der Waals surface area (Å²) in [6.07, 6.45) is -3.62. The second-order valence-electron chi connectivity index (χ2n) is 4.36. The number of hydrogen-bond acceptors (Lipinski definition) is 6. The number of thioether (sulfide) groups is 1. The molecular weight excluding hydrogens is 349 g/mol. The van der Waals surface area contributed by atoms with Gasteiger partial charge in [0.15, 0.2) is 5.16 Å². The first-order valence-corrected chi connectivity index (χ1v) is 7.31. The van der Waals surface area contributed by atoms with E-state index in [1.165, 1.54) is 24.3 Å². The number of rotatable bonds is 5. The van der Waals surface area contributed by atoms with Crippen molar-refractivity contribution in [2.24, 2.45) is 0 Å². The van der Waals surface area contributed by atoms with Crippen LogP contribution in [0.2, 0.25) is 0 Å². The maximum Gasteiger partial charge on any atom is 0.433 e. The molecule has 2 aromatic rings. The van der Waals surface area contributed by atoms with E-state index < -0.39 is 22.7 Å². The molecule has 0 aliphatic carbocycles. The van der Waals surface area contributed by atoms with Gasteiger partial charge in [0.2, 0.25) is 5.91 Å². The monoisotopic (exact) mass is 358 g/mol. The minimum Gasteiger partial charge on any atom is -0.325 e. The zero-order valence-electron chi connectivity index (χ0n) is 11.8. The van der Waals surface area contributed by atoms with Crippen molar-refractivity contribution in [2.45, 2.75) is 11.3 Å². The molecule has 1 heterocycles. The number of anilines is 1. The Morgan fingerprint density at radius 3 is 2.50 bits per heavy atom. The van der Waals surface area contributed by atoms with Gasteiger partial charge in [0, 0.05) is 24.0 Å². The van der Waals surface area contributed by atoms with Gasteiger partial charge < -0.3 is 5.32 Å². The number of non-ortho nitro benzene ring substituents is 1. The molecule has 0 aliphatic rings. The van der Waals surface area contributed by atoms with Crippen LogP contribution in [0.25, 0.3) is 0 Å². The SMILES string of the molecule is O=C(CSc1nccc(C(F)(F)F)n1)Nc1ccc([N+](=O)[O-])cc1. The zero-order valence-corrected chi connectivity index (χ0v) is 12.6. The Balaban J connectivity index is 1.92. The molecule has 11 heteroatoms. The van der Waals surface area contributed by atoms with E-state index in [4.69, 9.17) is 0 Å². The smallest absolute Gasteiger partial charge is 0.325 e. The highest BCUT2D eigenvalue weighted by Gasteiger charge is 2.32. The number of carbonyl (C=O) groups is 1. The zero-order chi connectivity index (χ0) is 17.7. The molecule has 7 nitrogen and oxygen atoms in total. The summed E-state index contributed by atoms with van der Waals surface area (Å²) in [5, 5.41) is 12.8. The molecule has 0 fully saturated rings. The summed E-state index contributed by atoms with van der Waals surface area (Å²) in [5.74, 6) is -0.715. The van der Waals surface area contributed by atoms with Crippen molar-refractivity contribution in [3.63, 3.8) is 0 Å². The van der Waals surface area contributed by atoms with Crippen molar-refractivity contribution >= 4 is 29.0 Å². The summed E-state index contributed by atoms with van der Waals surface area (Å²) in [6, 6.07) is 5.88. The predicted molar refractivity (Wildman–Crippen MR) is 79.5 cm³/mol. The van der Waals surface area contributed by atoms with E-state index in [0.717, 1.165) is 24.0 Å². The normalized spacial score (nSPS) is 11.1. The van der Waals surface area contributed by atoms with Crippen molar-refractivity contribution in [2.75, 3.05) is 11.1 Å². The van der Waals surface area contributed by atoms with Gasteiger partial charge in [-0.3, -0.25) is 14.9 Å². The number of nitrogens with one attached hydrogen (secondary N) is 1. The number of nitro benzene ring substituents is 1. The molecule has 126 valence electrons. The van der Waals surface area contributed by atoms with Gasteiger partial charge in [-0.15, -0.1) is 0 Å².